The summed E-state index contributed by atoms with van der Waals surface area (Å²) in [6, 6.07) is 6.17. The highest BCUT2D eigenvalue weighted by Crippen LogP contribution is 2.31. The lowest BCUT2D eigenvalue weighted by atomic mass is 9.98. The Hall–Kier alpha value is -1.88. The van der Waals surface area contributed by atoms with E-state index >= 15 is 0 Å². The van der Waals surface area contributed by atoms with E-state index in [4.69, 9.17) is 4.74 Å². The van der Waals surface area contributed by atoms with Crippen LogP contribution in [0.2, 0.25) is 0 Å². The molecule has 0 saturated heterocycles. The summed E-state index contributed by atoms with van der Waals surface area (Å²) in [6.45, 7) is 8.50. The Bertz CT molecular complexity index is 758. The van der Waals surface area contributed by atoms with E-state index in [1.165, 1.54) is 0 Å². The highest BCUT2D eigenvalue weighted by molar-refractivity contribution is 7.16. The molecule has 0 bridgehead atoms. The molecule has 0 aliphatic carbocycles. The molecule has 1 aromatic carbocycles. The molecule has 1 aliphatic heterocycles. The molecule has 1 amide bonds. The number of benzene rings is 1. The maximum absolute atomic E-state index is 12.6. The fourth-order valence-electron chi connectivity index (χ4n) is 2.69. The van der Waals surface area contributed by atoms with Gasteiger partial charge in [0.15, 0.2) is 0 Å². The molecule has 0 spiro atoms. The Kier molecular flexibility index (Phi) is 4.15. The van der Waals surface area contributed by atoms with Crippen molar-refractivity contribution in [3.63, 3.8) is 0 Å². The zero-order valence-electron chi connectivity index (χ0n) is 14.0. The molecule has 3 rings (SSSR count). The first-order valence-electron chi connectivity index (χ1n) is 7.88. The predicted octanol–water partition coefficient (Wildman–Crippen LogP) is 4.91. The molecule has 122 valence electrons. The number of hydrogen-bond donors (Lipinski definition) is 0. The zero-order valence-corrected chi connectivity index (χ0v) is 14.8. The van der Waals surface area contributed by atoms with Crippen LogP contribution in [0.25, 0.3) is 15.9 Å². The van der Waals surface area contributed by atoms with Gasteiger partial charge in [-0.05, 0) is 45.2 Å². The van der Waals surface area contributed by atoms with Crippen molar-refractivity contribution in [3.05, 3.63) is 35.3 Å². The van der Waals surface area contributed by atoms with Crippen LogP contribution in [-0.2, 0) is 4.74 Å². The Balaban J connectivity index is 1.95. The Labute approximate surface area is 140 Å². The summed E-state index contributed by atoms with van der Waals surface area (Å²) in [6.07, 6.45) is 2.81. The highest BCUT2D eigenvalue weighted by Gasteiger charge is 2.29. The van der Waals surface area contributed by atoms with Crippen molar-refractivity contribution in [2.45, 2.75) is 39.7 Å². The van der Waals surface area contributed by atoms with Gasteiger partial charge in [-0.25, -0.2) is 9.78 Å². The smallest absolute Gasteiger partial charge is 0.414 e. The average Bonchev–Trinajstić information content (AvgIpc) is 2.92. The van der Waals surface area contributed by atoms with Gasteiger partial charge in [0.25, 0.3) is 0 Å². The fourth-order valence-corrected chi connectivity index (χ4v) is 3.35. The number of hydrogen-bond acceptors (Lipinski definition) is 4. The maximum atomic E-state index is 12.6. The molecule has 1 aliphatic rings. The lowest BCUT2D eigenvalue weighted by Crippen LogP contribution is -2.39. The van der Waals surface area contributed by atoms with Gasteiger partial charge < -0.3 is 4.74 Å². The van der Waals surface area contributed by atoms with E-state index in [0.29, 0.717) is 12.5 Å². The van der Waals surface area contributed by atoms with Crippen molar-refractivity contribution < 1.29 is 9.53 Å². The summed E-state index contributed by atoms with van der Waals surface area (Å²) < 4.78 is 6.74. The van der Waals surface area contributed by atoms with Crippen LogP contribution in [0.15, 0.2) is 29.8 Å². The number of rotatable bonds is 1. The predicted molar refractivity (Wildman–Crippen MR) is 94.3 cm³/mol. The van der Waals surface area contributed by atoms with E-state index in [9.17, 15) is 4.79 Å². The summed E-state index contributed by atoms with van der Waals surface area (Å²) in [4.78, 5) is 18.7. The van der Waals surface area contributed by atoms with Crippen LogP contribution >= 0.6 is 11.3 Å². The van der Waals surface area contributed by atoms with Crippen molar-refractivity contribution in [2.24, 2.45) is 5.92 Å². The van der Waals surface area contributed by atoms with Crippen LogP contribution < -0.4 is 0 Å². The number of carbonyl (C=O) groups is 1. The number of allylic oxidation sites excluding steroid dienone is 1. The van der Waals surface area contributed by atoms with E-state index in [1.54, 1.807) is 16.2 Å². The molecule has 0 fully saturated rings. The number of carbonyl (C=O) groups excluding carboxylic acids is 1. The zero-order chi connectivity index (χ0) is 16.6. The molecule has 0 saturated carbocycles. The second kappa shape index (κ2) is 5.96. The molecule has 4 nitrogen and oxygen atoms in total. The third-order valence-corrected chi connectivity index (χ3v) is 4.55. The summed E-state index contributed by atoms with van der Waals surface area (Å²) in [5, 5.41) is 0. The molecular weight excluding hydrogens is 308 g/mol. The molecule has 5 heteroatoms. The van der Waals surface area contributed by atoms with Crippen LogP contribution in [0.4, 0.5) is 4.79 Å². The van der Waals surface area contributed by atoms with Crippen LogP contribution in [0.5, 0.6) is 0 Å². The van der Waals surface area contributed by atoms with Crippen molar-refractivity contribution in [2.75, 3.05) is 6.54 Å². The van der Waals surface area contributed by atoms with Gasteiger partial charge in [0.2, 0.25) is 0 Å². The van der Waals surface area contributed by atoms with Crippen molar-refractivity contribution in [1.82, 2.24) is 9.88 Å². The third-order valence-electron chi connectivity index (χ3n) is 3.74. The van der Waals surface area contributed by atoms with Gasteiger partial charge in [-0.1, -0.05) is 19.1 Å². The molecule has 2 aromatic rings. The number of thiazole rings is 1. The second-order valence-electron chi connectivity index (χ2n) is 7.06. The highest BCUT2D eigenvalue weighted by atomic mass is 32.1. The largest absolute Gasteiger partial charge is 0.443 e. The van der Waals surface area contributed by atoms with Gasteiger partial charge in [-0.15, -0.1) is 11.3 Å². The van der Waals surface area contributed by atoms with Gasteiger partial charge in [0.1, 0.15) is 5.60 Å². The first-order valence-corrected chi connectivity index (χ1v) is 8.76. The summed E-state index contributed by atoms with van der Waals surface area (Å²) in [5.74, 6) is 0.425. The SMILES string of the molecule is CC1CC=C(c2ccc3scnc3c2)N(C(=O)OC(C)(C)C)C1. The van der Waals surface area contributed by atoms with E-state index in [0.717, 1.165) is 27.9 Å². The molecule has 0 N–H and O–H groups in total. The lowest BCUT2D eigenvalue weighted by molar-refractivity contribution is 0.0327. The maximum Gasteiger partial charge on any atom is 0.414 e. The van der Waals surface area contributed by atoms with Gasteiger partial charge in [0.05, 0.1) is 21.4 Å². The van der Waals surface area contributed by atoms with Gasteiger partial charge in [-0.2, -0.15) is 0 Å². The molecule has 2 heterocycles. The lowest BCUT2D eigenvalue weighted by Gasteiger charge is -2.33. The standard InChI is InChI=1S/C18H22N2O2S/c1-12-5-7-15(20(10-12)17(21)22-18(2,3)4)13-6-8-16-14(9-13)19-11-23-16/h6-9,11-12H,5,10H2,1-4H3. The monoisotopic (exact) mass is 330 g/mol. The summed E-state index contributed by atoms with van der Waals surface area (Å²) >= 11 is 1.62. The number of ether oxygens (including phenoxy) is 1. The number of amides is 1. The van der Waals surface area contributed by atoms with Crippen LogP contribution in [0, 0.1) is 5.92 Å². The van der Waals surface area contributed by atoms with Crippen molar-refractivity contribution in [1.29, 1.82) is 0 Å². The van der Waals surface area contributed by atoms with E-state index in [2.05, 4.69) is 30.1 Å². The molecule has 1 unspecified atom stereocenters. The fraction of sp³-hybridized carbons (Fsp3) is 0.444. The van der Waals surface area contributed by atoms with Crippen molar-refractivity contribution >= 4 is 33.3 Å². The molecule has 23 heavy (non-hydrogen) atoms. The van der Waals surface area contributed by atoms with Crippen LogP contribution in [0.1, 0.15) is 39.7 Å². The average molecular weight is 330 g/mol. The molecule has 1 aromatic heterocycles. The minimum absolute atomic E-state index is 0.284. The Morgan fingerprint density at radius 2 is 2.17 bits per heavy atom. The topological polar surface area (TPSA) is 42.4 Å². The Morgan fingerprint density at radius 1 is 1.39 bits per heavy atom. The molecule has 0 radical (unpaired) electrons. The van der Waals surface area contributed by atoms with E-state index in [1.807, 2.05) is 32.3 Å². The minimum atomic E-state index is -0.498. The molecule has 1 atom stereocenters. The second-order valence-corrected chi connectivity index (χ2v) is 7.94. The van der Waals surface area contributed by atoms with Crippen molar-refractivity contribution in [3.8, 4) is 0 Å². The number of aromatic nitrogens is 1. The normalized spacial score (nSPS) is 18.9. The van der Waals surface area contributed by atoms with Crippen LogP contribution in [-0.4, -0.2) is 28.1 Å². The number of nitrogens with zero attached hydrogens (tertiary/aromatic N) is 2. The quantitative estimate of drug-likeness (QED) is 0.746. The third kappa shape index (κ3) is 3.55. The first-order chi connectivity index (χ1) is 10.8. The van der Waals surface area contributed by atoms with E-state index < -0.39 is 5.60 Å². The molecular formula is C18H22N2O2S. The Morgan fingerprint density at radius 3 is 2.91 bits per heavy atom. The summed E-state index contributed by atoms with van der Waals surface area (Å²) in [7, 11) is 0. The van der Waals surface area contributed by atoms with Gasteiger partial charge >= 0.3 is 6.09 Å². The number of fused-ring (bicyclic) bond motifs is 1. The summed E-state index contributed by atoms with van der Waals surface area (Å²) in [5.41, 5.74) is 4.25. The van der Waals surface area contributed by atoms with Gasteiger partial charge in [0, 0.05) is 12.1 Å². The van der Waals surface area contributed by atoms with E-state index in [-0.39, 0.29) is 6.09 Å². The first kappa shape index (κ1) is 16.0. The van der Waals surface area contributed by atoms with Crippen LogP contribution in [0.3, 0.4) is 0 Å². The van der Waals surface area contributed by atoms with Gasteiger partial charge in [-0.3, -0.25) is 4.90 Å². The minimum Gasteiger partial charge on any atom is -0.443 e.